The van der Waals surface area contributed by atoms with E-state index in [4.69, 9.17) is 14.9 Å². The molecule has 1 aromatic heterocycles. The average Bonchev–Trinajstić information content (AvgIpc) is 2.83. The van der Waals surface area contributed by atoms with E-state index in [0.717, 1.165) is 11.5 Å². The highest BCUT2D eigenvalue weighted by Crippen LogP contribution is 2.16. The first-order chi connectivity index (χ1) is 8.38. The summed E-state index contributed by atoms with van der Waals surface area (Å²) in [4.78, 5) is 0. The van der Waals surface area contributed by atoms with Gasteiger partial charge in [-0.3, -0.25) is 0 Å². The Morgan fingerprint density at radius 2 is 2.06 bits per heavy atom. The van der Waals surface area contributed by atoms with Crippen molar-refractivity contribution in [3.63, 3.8) is 0 Å². The summed E-state index contributed by atoms with van der Waals surface area (Å²) in [5, 5.41) is 8.29. The maximum Gasteiger partial charge on any atom is 0.276 e. The third-order valence-corrected chi connectivity index (χ3v) is 2.75. The first-order valence-corrected chi connectivity index (χ1v) is 6.20. The van der Waals surface area contributed by atoms with Gasteiger partial charge in [-0.05, 0) is 12.1 Å². The Kier molecular flexibility index (Phi) is 4.40. The van der Waals surface area contributed by atoms with Crippen LogP contribution < -0.4 is 10.5 Å². The molecule has 2 rings (SSSR count). The summed E-state index contributed by atoms with van der Waals surface area (Å²) in [6, 6.07) is 9.50. The zero-order valence-corrected chi connectivity index (χ0v) is 10.0. The van der Waals surface area contributed by atoms with Crippen LogP contribution in [-0.4, -0.2) is 22.5 Å². The molecule has 0 unspecified atom stereocenters. The summed E-state index contributed by atoms with van der Waals surface area (Å²) in [6.07, 6.45) is 0. The van der Waals surface area contributed by atoms with Crippen molar-refractivity contribution >= 4 is 11.8 Å². The van der Waals surface area contributed by atoms with Gasteiger partial charge in [-0.25, -0.2) is 0 Å². The second kappa shape index (κ2) is 6.27. The molecule has 2 aromatic rings. The number of aromatic nitrogens is 2. The van der Waals surface area contributed by atoms with E-state index in [1.54, 1.807) is 0 Å². The fourth-order valence-electron chi connectivity index (χ4n) is 1.16. The zero-order chi connectivity index (χ0) is 11.9. The van der Waals surface area contributed by atoms with Crippen LogP contribution in [0.15, 0.2) is 40.0 Å². The van der Waals surface area contributed by atoms with Crippen LogP contribution in [-0.2, 0) is 6.61 Å². The van der Waals surface area contributed by atoms with Gasteiger partial charge in [0.2, 0.25) is 0 Å². The third-order valence-electron chi connectivity index (χ3n) is 1.90. The Bertz CT molecular complexity index is 447. The number of rotatable bonds is 6. The number of benzene rings is 1. The molecule has 6 heteroatoms. The highest BCUT2D eigenvalue weighted by Gasteiger charge is 2.06. The molecule has 0 spiro atoms. The molecule has 0 bridgehead atoms. The van der Waals surface area contributed by atoms with Crippen LogP contribution >= 0.6 is 11.8 Å². The van der Waals surface area contributed by atoms with E-state index in [1.807, 2.05) is 30.3 Å². The molecule has 0 aliphatic heterocycles. The maximum absolute atomic E-state index is 5.48. The van der Waals surface area contributed by atoms with E-state index < -0.39 is 0 Å². The van der Waals surface area contributed by atoms with E-state index in [9.17, 15) is 0 Å². The summed E-state index contributed by atoms with van der Waals surface area (Å²) in [5.74, 6) is 2.01. The molecule has 0 amide bonds. The topological polar surface area (TPSA) is 74.2 Å². The van der Waals surface area contributed by atoms with Gasteiger partial charge in [-0.15, -0.1) is 10.2 Å². The van der Waals surface area contributed by atoms with Crippen molar-refractivity contribution in [3.8, 4) is 5.75 Å². The van der Waals surface area contributed by atoms with Gasteiger partial charge < -0.3 is 14.9 Å². The molecule has 0 saturated heterocycles. The molecule has 90 valence electrons. The predicted octanol–water partition coefficient (Wildman–Crippen LogP) is 1.70. The van der Waals surface area contributed by atoms with Gasteiger partial charge in [0.25, 0.3) is 11.1 Å². The Hall–Kier alpha value is -1.53. The maximum atomic E-state index is 5.48. The molecule has 0 aliphatic carbocycles. The van der Waals surface area contributed by atoms with Crippen LogP contribution in [0.3, 0.4) is 0 Å². The minimum Gasteiger partial charge on any atom is -0.484 e. The van der Waals surface area contributed by atoms with Crippen molar-refractivity contribution in [1.82, 2.24) is 10.2 Å². The molecule has 0 saturated carbocycles. The molecule has 0 atom stereocenters. The number of ether oxygens (including phenoxy) is 1. The van der Waals surface area contributed by atoms with Gasteiger partial charge in [0.15, 0.2) is 6.61 Å². The Morgan fingerprint density at radius 1 is 1.24 bits per heavy atom. The highest BCUT2D eigenvalue weighted by atomic mass is 32.2. The number of para-hydroxylation sites is 1. The number of nitrogens with zero attached hydrogens (tertiary/aromatic N) is 2. The smallest absolute Gasteiger partial charge is 0.276 e. The Morgan fingerprint density at radius 3 is 2.82 bits per heavy atom. The van der Waals surface area contributed by atoms with Crippen molar-refractivity contribution in [2.24, 2.45) is 5.73 Å². The fourth-order valence-corrected chi connectivity index (χ4v) is 1.71. The van der Waals surface area contributed by atoms with Gasteiger partial charge in [0.05, 0.1) is 0 Å². The minimum absolute atomic E-state index is 0.278. The molecule has 1 heterocycles. The van der Waals surface area contributed by atoms with Gasteiger partial charge in [0.1, 0.15) is 5.75 Å². The Balaban J connectivity index is 1.85. The Labute approximate surface area is 103 Å². The lowest BCUT2D eigenvalue weighted by atomic mass is 10.3. The van der Waals surface area contributed by atoms with Crippen LogP contribution in [0.2, 0.25) is 0 Å². The van der Waals surface area contributed by atoms with Crippen molar-refractivity contribution in [1.29, 1.82) is 0 Å². The molecule has 2 N–H and O–H groups in total. The van der Waals surface area contributed by atoms with Crippen molar-refractivity contribution in [3.05, 3.63) is 36.2 Å². The normalized spacial score (nSPS) is 10.4. The van der Waals surface area contributed by atoms with Crippen LogP contribution in [0.1, 0.15) is 5.89 Å². The molecular weight excluding hydrogens is 238 g/mol. The molecule has 17 heavy (non-hydrogen) atoms. The lowest BCUT2D eigenvalue weighted by Crippen LogP contribution is -2.00. The number of hydrogen-bond acceptors (Lipinski definition) is 6. The predicted molar refractivity (Wildman–Crippen MR) is 64.9 cm³/mol. The van der Waals surface area contributed by atoms with E-state index in [2.05, 4.69) is 10.2 Å². The summed E-state index contributed by atoms with van der Waals surface area (Å²) >= 11 is 1.44. The number of hydrogen-bond donors (Lipinski definition) is 1. The largest absolute Gasteiger partial charge is 0.484 e. The second-order valence-corrected chi connectivity index (χ2v) is 4.25. The highest BCUT2D eigenvalue weighted by molar-refractivity contribution is 7.99. The number of thioether (sulfide) groups is 1. The molecular formula is C11H13N3O2S. The first kappa shape index (κ1) is 11.9. The van der Waals surface area contributed by atoms with E-state index in [-0.39, 0.29) is 6.61 Å². The monoisotopic (exact) mass is 251 g/mol. The summed E-state index contributed by atoms with van der Waals surface area (Å²) < 4.78 is 10.8. The van der Waals surface area contributed by atoms with Crippen molar-refractivity contribution < 1.29 is 9.15 Å². The average molecular weight is 251 g/mol. The van der Waals surface area contributed by atoms with Gasteiger partial charge >= 0.3 is 0 Å². The van der Waals surface area contributed by atoms with Crippen LogP contribution in [0.5, 0.6) is 5.75 Å². The van der Waals surface area contributed by atoms with E-state index >= 15 is 0 Å². The first-order valence-electron chi connectivity index (χ1n) is 5.21. The van der Waals surface area contributed by atoms with Gasteiger partial charge in [-0.1, -0.05) is 30.0 Å². The third kappa shape index (κ3) is 3.76. The minimum atomic E-state index is 0.278. The van der Waals surface area contributed by atoms with Crippen LogP contribution in [0.25, 0.3) is 0 Å². The van der Waals surface area contributed by atoms with Crippen LogP contribution in [0.4, 0.5) is 0 Å². The fraction of sp³-hybridized carbons (Fsp3) is 0.273. The van der Waals surface area contributed by atoms with E-state index in [0.29, 0.717) is 17.7 Å². The zero-order valence-electron chi connectivity index (χ0n) is 9.20. The quantitative estimate of drug-likeness (QED) is 0.788. The summed E-state index contributed by atoms with van der Waals surface area (Å²) in [6.45, 7) is 0.864. The summed E-state index contributed by atoms with van der Waals surface area (Å²) in [5.41, 5.74) is 5.38. The molecule has 1 aromatic carbocycles. The van der Waals surface area contributed by atoms with Gasteiger partial charge in [-0.2, -0.15) is 0 Å². The van der Waals surface area contributed by atoms with Crippen molar-refractivity contribution in [2.75, 3.05) is 12.3 Å². The molecule has 0 radical (unpaired) electrons. The molecule has 0 fully saturated rings. The molecule has 5 nitrogen and oxygen atoms in total. The van der Waals surface area contributed by atoms with E-state index in [1.165, 1.54) is 11.8 Å². The number of nitrogens with two attached hydrogens (primary N) is 1. The van der Waals surface area contributed by atoms with Crippen LogP contribution in [0, 0.1) is 0 Å². The standard InChI is InChI=1S/C11H13N3O2S/c12-6-7-17-11-14-13-10(16-11)8-15-9-4-2-1-3-5-9/h1-5H,6-8,12H2. The molecule has 0 aliphatic rings. The second-order valence-electron chi connectivity index (χ2n) is 3.20. The lowest BCUT2D eigenvalue weighted by molar-refractivity contribution is 0.252. The lowest BCUT2D eigenvalue weighted by Gasteiger charge is -2.01. The SMILES string of the molecule is NCCSc1nnc(COc2ccccc2)o1. The van der Waals surface area contributed by atoms with Crippen molar-refractivity contribution in [2.45, 2.75) is 11.8 Å². The van der Waals surface area contributed by atoms with Gasteiger partial charge in [0, 0.05) is 12.3 Å². The summed E-state index contributed by atoms with van der Waals surface area (Å²) in [7, 11) is 0.